The molecule has 1 aliphatic rings. The van der Waals surface area contributed by atoms with Gasteiger partial charge in [-0.15, -0.1) is 0 Å². The molecule has 0 N–H and O–H groups in total. The van der Waals surface area contributed by atoms with Crippen molar-refractivity contribution in [2.75, 3.05) is 0 Å². The average molecular weight is 715 g/mol. The van der Waals surface area contributed by atoms with Gasteiger partial charge in [-0.25, -0.2) is 4.98 Å². The van der Waals surface area contributed by atoms with Crippen LogP contribution >= 0.6 is 0 Å². The molecule has 1 aliphatic carbocycles. The minimum absolute atomic E-state index is 0.526. The molecule has 4 nitrogen and oxygen atoms in total. The summed E-state index contributed by atoms with van der Waals surface area (Å²) in [6.07, 6.45) is 0. The second-order valence-electron chi connectivity index (χ2n) is 14.4. The monoisotopic (exact) mass is 714 g/mol. The Labute approximate surface area is 325 Å². The lowest BCUT2D eigenvalue weighted by Gasteiger charge is -2.33. The Hall–Kier alpha value is -7.43. The van der Waals surface area contributed by atoms with Crippen LogP contribution in [0.4, 0.5) is 0 Å². The van der Waals surface area contributed by atoms with Crippen molar-refractivity contribution < 1.29 is 0 Å². The third kappa shape index (κ3) is 4.89. The SMILES string of the molecule is c1ccc(-c2ccc3c(c2)c2cc4c(cc2n3-c2nc(-c3ccccc3)nc(-c3ccccc3)n2)-c2ccccc2C4(c2ccccc2)c2ccccc2)cc1. The van der Waals surface area contributed by atoms with E-state index in [0.717, 1.165) is 38.5 Å². The molecule has 0 radical (unpaired) electrons. The van der Waals surface area contributed by atoms with Crippen molar-refractivity contribution >= 4 is 21.8 Å². The molecule has 2 aromatic heterocycles. The number of rotatable bonds is 6. The van der Waals surface area contributed by atoms with E-state index in [-0.39, 0.29) is 0 Å². The number of hydrogen-bond donors (Lipinski definition) is 0. The van der Waals surface area contributed by atoms with Crippen molar-refractivity contribution in [1.82, 2.24) is 19.5 Å². The average Bonchev–Trinajstić information content (AvgIpc) is 3.76. The van der Waals surface area contributed by atoms with E-state index in [1.165, 1.54) is 38.9 Å². The van der Waals surface area contributed by atoms with Crippen molar-refractivity contribution in [2.24, 2.45) is 0 Å². The standard InChI is InChI=1S/C52H34N4/c1-6-18-35(19-7-1)38-30-31-47-43(32-38)44-33-46-42(41-28-16-17-29-45(41)52(46,39-24-12-4-13-25-39)40-26-14-5-15-27-40)34-48(44)56(47)51-54-49(36-20-8-2-9-21-36)53-50(55-51)37-22-10-3-11-23-37/h1-34H. The number of nitrogens with zero attached hydrogens (tertiary/aromatic N) is 4. The van der Waals surface area contributed by atoms with Gasteiger partial charge < -0.3 is 0 Å². The van der Waals surface area contributed by atoms with Crippen molar-refractivity contribution in [3.8, 4) is 51.0 Å². The van der Waals surface area contributed by atoms with Crippen molar-refractivity contribution in [3.63, 3.8) is 0 Å². The van der Waals surface area contributed by atoms with Crippen molar-refractivity contribution in [2.45, 2.75) is 5.41 Å². The summed E-state index contributed by atoms with van der Waals surface area (Å²) in [5.41, 5.74) is 13.2. The topological polar surface area (TPSA) is 43.6 Å². The lowest BCUT2D eigenvalue weighted by Crippen LogP contribution is -2.28. The van der Waals surface area contributed by atoms with Gasteiger partial charge in [-0.3, -0.25) is 4.57 Å². The molecule has 0 bridgehead atoms. The van der Waals surface area contributed by atoms with Crippen LogP contribution in [0.2, 0.25) is 0 Å². The lowest BCUT2D eigenvalue weighted by atomic mass is 9.67. The molecule has 0 unspecified atom stereocenters. The Morgan fingerprint density at radius 1 is 0.339 bits per heavy atom. The van der Waals surface area contributed by atoms with Crippen LogP contribution in [0.25, 0.3) is 72.8 Å². The maximum absolute atomic E-state index is 5.25. The molecule has 0 fully saturated rings. The summed E-state index contributed by atoms with van der Waals surface area (Å²) in [5, 5.41) is 2.28. The molecule has 10 aromatic rings. The highest BCUT2D eigenvalue weighted by Gasteiger charge is 2.46. The Balaban J connectivity index is 1.27. The molecule has 11 rings (SSSR count). The van der Waals surface area contributed by atoms with Gasteiger partial charge >= 0.3 is 0 Å². The molecule has 4 heteroatoms. The maximum Gasteiger partial charge on any atom is 0.238 e. The highest BCUT2D eigenvalue weighted by atomic mass is 15.2. The first kappa shape index (κ1) is 32.0. The summed E-state index contributed by atoms with van der Waals surface area (Å²) >= 11 is 0. The van der Waals surface area contributed by atoms with E-state index in [0.29, 0.717) is 17.6 Å². The molecule has 262 valence electrons. The minimum atomic E-state index is -0.526. The summed E-state index contributed by atoms with van der Waals surface area (Å²) in [7, 11) is 0. The Bertz CT molecular complexity index is 2950. The van der Waals surface area contributed by atoms with Gasteiger partial charge in [0, 0.05) is 21.9 Å². The molecule has 0 saturated heterocycles. The van der Waals surface area contributed by atoms with Gasteiger partial charge in [-0.05, 0) is 68.8 Å². The summed E-state index contributed by atoms with van der Waals surface area (Å²) in [5.74, 6) is 1.84. The van der Waals surface area contributed by atoms with Crippen LogP contribution in [0, 0.1) is 0 Å². The van der Waals surface area contributed by atoms with Gasteiger partial charge in [0.2, 0.25) is 5.95 Å². The van der Waals surface area contributed by atoms with Crippen LogP contribution in [0.15, 0.2) is 206 Å². The van der Waals surface area contributed by atoms with Gasteiger partial charge in [0.05, 0.1) is 16.4 Å². The zero-order valence-electron chi connectivity index (χ0n) is 30.4. The molecule has 0 spiro atoms. The molecule has 8 aromatic carbocycles. The first-order chi connectivity index (χ1) is 27.8. The predicted octanol–water partition coefficient (Wildman–Crippen LogP) is 12.3. The second-order valence-corrected chi connectivity index (χ2v) is 14.4. The Kier molecular flexibility index (Phi) is 7.36. The van der Waals surface area contributed by atoms with Crippen LogP contribution in [0.3, 0.4) is 0 Å². The Morgan fingerprint density at radius 3 is 1.43 bits per heavy atom. The third-order valence-corrected chi connectivity index (χ3v) is 11.3. The smallest absolute Gasteiger partial charge is 0.238 e. The van der Waals surface area contributed by atoms with E-state index in [1.807, 2.05) is 36.4 Å². The number of hydrogen-bond acceptors (Lipinski definition) is 3. The first-order valence-corrected chi connectivity index (χ1v) is 19.0. The van der Waals surface area contributed by atoms with E-state index < -0.39 is 5.41 Å². The van der Waals surface area contributed by atoms with Gasteiger partial charge in [-0.1, -0.05) is 182 Å². The molecule has 56 heavy (non-hydrogen) atoms. The van der Waals surface area contributed by atoms with Gasteiger partial charge in [0.15, 0.2) is 11.6 Å². The number of benzene rings is 8. The van der Waals surface area contributed by atoms with Crippen LogP contribution < -0.4 is 0 Å². The molecule has 0 atom stereocenters. The highest BCUT2D eigenvalue weighted by Crippen LogP contribution is 2.57. The van der Waals surface area contributed by atoms with E-state index in [9.17, 15) is 0 Å². The first-order valence-electron chi connectivity index (χ1n) is 19.0. The lowest BCUT2D eigenvalue weighted by molar-refractivity contribution is 0.769. The molecular formula is C52H34N4. The molecule has 0 aliphatic heterocycles. The van der Waals surface area contributed by atoms with Crippen LogP contribution in [-0.2, 0) is 5.41 Å². The summed E-state index contributed by atoms with van der Waals surface area (Å²) in [6.45, 7) is 0. The van der Waals surface area contributed by atoms with Crippen LogP contribution in [0.1, 0.15) is 22.3 Å². The third-order valence-electron chi connectivity index (χ3n) is 11.3. The zero-order chi connectivity index (χ0) is 37.1. The quantitative estimate of drug-likeness (QED) is 0.172. The fourth-order valence-electron chi connectivity index (χ4n) is 8.88. The molecule has 0 saturated carbocycles. The van der Waals surface area contributed by atoms with E-state index in [1.54, 1.807) is 0 Å². The molecular weight excluding hydrogens is 681 g/mol. The van der Waals surface area contributed by atoms with E-state index >= 15 is 0 Å². The Morgan fingerprint density at radius 2 is 0.839 bits per heavy atom. The fraction of sp³-hybridized carbons (Fsp3) is 0.0192. The predicted molar refractivity (Wildman–Crippen MR) is 228 cm³/mol. The van der Waals surface area contributed by atoms with Gasteiger partial charge in [0.25, 0.3) is 0 Å². The fourth-order valence-corrected chi connectivity index (χ4v) is 8.88. The number of aromatic nitrogens is 4. The largest absolute Gasteiger partial charge is 0.278 e. The van der Waals surface area contributed by atoms with Gasteiger partial charge in [-0.2, -0.15) is 9.97 Å². The normalized spacial score (nSPS) is 12.8. The van der Waals surface area contributed by atoms with Crippen molar-refractivity contribution in [3.05, 3.63) is 229 Å². The van der Waals surface area contributed by atoms with Crippen molar-refractivity contribution in [1.29, 1.82) is 0 Å². The second kappa shape index (κ2) is 12.9. The molecule has 0 amide bonds. The minimum Gasteiger partial charge on any atom is -0.278 e. The van der Waals surface area contributed by atoms with E-state index in [4.69, 9.17) is 15.0 Å². The highest BCUT2D eigenvalue weighted by molar-refractivity contribution is 6.12. The maximum atomic E-state index is 5.25. The summed E-state index contributed by atoms with van der Waals surface area (Å²) in [6, 6.07) is 73.5. The van der Waals surface area contributed by atoms with E-state index in [2.05, 4.69) is 174 Å². The zero-order valence-corrected chi connectivity index (χ0v) is 30.4. The number of fused-ring (bicyclic) bond motifs is 6. The van der Waals surface area contributed by atoms with Crippen LogP contribution in [-0.4, -0.2) is 19.5 Å². The molecule has 2 heterocycles. The van der Waals surface area contributed by atoms with Gasteiger partial charge in [0.1, 0.15) is 0 Å². The van der Waals surface area contributed by atoms with Crippen LogP contribution in [0.5, 0.6) is 0 Å². The summed E-state index contributed by atoms with van der Waals surface area (Å²) < 4.78 is 2.24. The summed E-state index contributed by atoms with van der Waals surface area (Å²) in [4.78, 5) is 15.5.